The number of nitrogens with two attached hydrogens (primary N) is 1. The van der Waals surface area contributed by atoms with Gasteiger partial charge in [-0.15, -0.1) is 0 Å². The van der Waals surface area contributed by atoms with E-state index in [9.17, 15) is 9.59 Å². The van der Waals surface area contributed by atoms with Gasteiger partial charge in [-0.2, -0.15) is 10.2 Å². The monoisotopic (exact) mass is 393 g/mol. The van der Waals surface area contributed by atoms with Gasteiger partial charge in [-0.1, -0.05) is 0 Å². The zero-order chi connectivity index (χ0) is 20.7. The van der Waals surface area contributed by atoms with Crippen molar-refractivity contribution in [3.8, 4) is 11.3 Å². The molecule has 150 valence electrons. The number of pyridine rings is 1. The van der Waals surface area contributed by atoms with Gasteiger partial charge in [0.25, 0.3) is 5.91 Å². The van der Waals surface area contributed by atoms with E-state index in [-0.39, 0.29) is 12.5 Å². The molecule has 3 N–H and O–H groups in total. The minimum atomic E-state index is -0.541. The molecule has 0 aliphatic heterocycles. The van der Waals surface area contributed by atoms with Crippen LogP contribution in [0.5, 0.6) is 0 Å². The summed E-state index contributed by atoms with van der Waals surface area (Å²) in [4.78, 5) is 28.9. The van der Waals surface area contributed by atoms with E-state index in [1.807, 2.05) is 27.0 Å². The highest BCUT2D eigenvalue weighted by atomic mass is 16.2. The lowest BCUT2D eigenvalue weighted by atomic mass is 10.0. The van der Waals surface area contributed by atoms with E-state index in [1.165, 1.54) is 4.68 Å². The van der Waals surface area contributed by atoms with Crippen molar-refractivity contribution in [3.63, 3.8) is 0 Å². The SMILES string of the molecule is Cc1cc(C)c(C(N)=O)c(-c2cnn(CC(=O)Nc3c4c(nn3C)CCC4)c2)n1. The quantitative estimate of drug-likeness (QED) is 0.681. The van der Waals surface area contributed by atoms with Gasteiger partial charge in [0.05, 0.1) is 23.1 Å². The van der Waals surface area contributed by atoms with Crippen LogP contribution in [0.3, 0.4) is 0 Å². The predicted octanol–water partition coefficient (Wildman–Crippen LogP) is 1.52. The fraction of sp³-hybridized carbons (Fsp3) is 0.350. The highest BCUT2D eigenvalue weighted by Gasteiger charge is 2.22. The summed E-state index contributed by atoms with van der Waals surface area (Å²) in [5, 5.41) is 11.7. The van der Waals surface area contributed by atoms with Crippen molar-refractivity contribution in [2.24, 2.45) is 12.8 Å². The number of hydrogen-bond acceptors (Lipinski definition) is 5. The van der Waals surface area contributed by atoms with Gasteiger partial charge < -0.3 is 11.1 Å². The Morgan fingerprint density at radius 3 is 2.83 bits per heavy atom. The first kappa shape index (κ1) is 18.9. The van der Waals surface area contributed by atoms with E-state index in [0.717, 1.165) is 47.6 Å². The van der Waals surface area contributed by atoms with E-state index in [2.05, 4.69) is 20.5 Å². The van der Waals surface area contributed by atoms with Gasteiger partial charge in [-0.25, -0.2) is 0 Å². The molecular weight excluding hydrogens is 370 g/mol. The maximum absolute atomic E-state index is 12.6. The first-order chi connectivity index (χ1) is 13.8. The van der Waals surface area contributed by atoms with Crippen LogP contribution < -0.4 is 11.1 Å². The Kier molecular flexibility index (Phi) is 4.65. The number of carbonyl (C=O) groups excluding carboxylic acids is 2. The second-order valence-electron chi connectivity index (χ2n) is 7.39. The van der Waals surface area contributed by atoms with E-state index >= 15 is 0 Å². The van der Waals surface area contributed by atoms with E-state index in [1.54, 1.807) is 17.1 Å². The van der Waals surface area contributed by atoms with Crippen LogP contribution in [0.1, 0.15) is 39.3 Å². The smallest absolute Gasteiger partial charge is 0.251 e. The Morgan fingerprint density at radius 2 is 2.07 bits per heavy atom. The van der Waals surface area contributed by atoms with Crippen molar-refractivity contribution < 1.29 is 9.59 Å². The molecule has 0 spiro atoms. The molecule has 0 aromatic carbocycles. The number of nitrogens with one attached hydrogen (secondary N) is 1. The maximum Gasteiger partial charge on any atom is 0.251 e. The fourth-order valence-electron chi connectivity index (χ4n) is 3.92. The summed E-state index contributed by atoms with van der Waals surface area (Å²) in [5.74, 6) is 0.0169. The maximum atomic E-state index is 12.6. The molecule has 0 fully saturated rings. The van der Waals surface area contributed by atoms with Gasteiger partial charge in [-0.3, -0.25) is 23.9 Å². The molecule has 0 saturated heterocycles. The molecule has 9 nitrogen and oxygen atoms in total. The van der Waals surface area contributed by atoms with Crippen LogP contribution in [-0.2, 0) is 31.2 Å². The van der Waals surface area contributed by atoms with Crippen LogP contribution in [-0.4, -0.2) is 36.4 Å². The summed E-state index contributed by atoms with van der Waals surface area (Å²) in [6.45, 7) is 3.71. The van der Waals surface area contributed by atoms with E-state index in [4.69, 9.17) is 5.73 Å². The molecule has 2 amide bonds. The van der Waals surface area contributed by atoms with Crippen molar-refractivity contribution in [1.29, 1.82) is 0 Å². The predicted molar refractivity (Wildman–Crippen MR) is 107 cm³/mol. The van der Waals surface area contributed by atoms with Gasteiger partial charge in [-0.05, 0) is 44.7 Å². The number of fused-ring (bicyclic) bond motifs is 1. The number of nitrogens with zero attached hydrogens (tertiary/aromatic N) is 5. The van der Waals surface area contributed by atoms with Crippen molar-refractivity contribution >= 4 is 17.6 Å². The second kappa shape index (κ2) is 7.16. The molecule has 0 bridgehead atoms. The molecule has 1 aliphatic rings. The van der Waals surface area contributed by atoms with Crippen LogP contribution >= 0.6 is 0 Å². The van der Waals surface area contributed by atoms with Gasteiger partial charge in [0.15, 0.2) is 0 Å². The molecular formula is C20H23N7O2. The fourth-order valence-corrected chi connectivity index (χ4v) is 3.92. The number of aromatic nitrogens is 5. The lowest BCUT2D eigenvalue weighted by Gasteiger charge is -2.09. The number of primary amides is 1. The van der Waals surface area contributed by atoms with Crippen LogP contribution in [0.2, 0.25) is 0 Å². The summed E-state index contributed by atoms with van der Waals surface area (Å²) in [6, 6.07) is 1.81. The van der Waals surface area contributed by atoms with Gasteiger partial charge in [0, 0.05) is 30.1 Å². The first-order valence-electron chi connectivity index (χ1n) is 9.49. The van der Waals surface area contributed by atoms with Gasteiger partial charge in [0.2, 0.25) is 5.91 Å². The number of carbonyl (C=O) groups is 2. The summed E-state index contributed by atoms with van der Waals surface area (Å²) in [6.07, 6.45) is 6.23. The molecule has 29 heavy (non-hydrogen) atoms. The van der Waals surface area contributed by atoms with Gasteiger partial charge in [0.1, 0.15) is 12.4 Å². The third kappa shape index (κ3) is 3.51. The Labute approximate surface area is 167 Å². The molecule has 3 heterocycles. The van der Waals surface area contributed by atoms with Crippen LogP contribution in [0.15, 0.2) is 18.5 Å². The third-order valence-electron chi connectivity index (χ3n) is 5.13. The van der Waals surface area contributed by atoms with Crippen LogP contribution in [0.4, 0.5) is 5.82 Å². The molecule has 0 atom stereocenters. The van der Waals surface area contributed by atoms with E-state index in [0.29, 0.717) is 16.8 Å². The van der Waals surface area contributed by atoms with Crippen molar-refractivity contribution in [1.82, 2.24) is 24.5 Å². The number of aryl methyl sites for hydroxylation is 4. The normalized spacial score (nSPS) is 12.8. The number of anilines is 1. The average molecular weight is 393 g/mol. The third-order valence-corrected chi connectivity index (χ3v) is 5.13. The first-order valence-corrected chi connectivity index (χ1v) is 9.49. The Hall–Kier alpha value is -3.49. The number of rotatable bonds is 5. The molecule has 0 radical (unpaired) electrons. The number of hydrogen-bond donors (Lipinski definition) is 2. The Balaban J connectivity index is 1.55. The highest BCUT2D eigenvalue weighted by Crippen LogP contribution is 2.28. The molecule has 0 unspecified atom stereocenters. The summed E-state index contributed by atoms with van der Waals surface area (Å²) in [5.41, 5.74) is 10.7. The van der Waals surface area contributed by atoms with Crippen molar-refractivity contribution in [3.05, 3.63) is 46.5 Å². The van der Waals surface area contributed by atoms with Crippen LogP contribution in [0, 0.1) is 13.8 Å². The lowest BCUT2D eigenvalue weighted by Crippen LogP contribution is -2.21. The topological polar surface area (TPSA) is 121 Å². The highest BCUT2D eigenvalue weighted by molar-refractivity contribution is 6.00. The molecule has 1 aliphatic carbocycles. The Morgan fingerprint density at radius 1 is 1.28 bits per heavy atom. The lowest BCUT2D eigenvalue weighted by molar-refractivity contribution is -0.117. The Bertz CT molecular complexity index is 1130. The number of amides is 2. The van der Waals surface area contributed by atoms with Crippen molar-refractivity contribution in [2.45, 2.75) is 39.7 Å². The molecule has 9 heteroatoms. The van der Waals surface area contributed by atoms with Crippen molar-refractivity contribution in [2.75, 3.05) is 5.32 Å². The molecule has 3 aromatic rings. The summed E-state index contributed by atoms with van der Waals surface area (Å²) in [7, 11) is 1.83. The molecule has 3 aromatic heterocycles. The van der Waals surface area contributed by atoms with Gasteiger partial charge >= 0.3 is 0 Å². The summed E-state index contributed by atoms with van der Waals surface area (Å²) >= 11 is 0. The average Bonchev–Trinajstić information content (AvgIpc) is 3.33. The second-order valence-corrected chi connectivity index (χ2v) is 7.39. The molecule has 0 saturated carbocycles. The minimum Gasteiger partial charge on any atom is -0.366 e. The zero-order valence-corrected chi connectivity index (χ0v) is 16.7. The molecule has 4 rings (SSSR count). The van der Waals surface area contributed by atoms with E-state index < -0.39 is 5.91 Å². The zero-order valence-electron chi connectivity index (χ0n) is 16.7. The van der Waals surface area contributed by atoms with Crippen LogP contribution in [0.25, 0.3) is 11.3 Å². The standard InChI is InChI=1S/C20H23N7O2/c1-11-7-12(2)23-18(17(11)19(21)29)13-8-22-27(9-13)10-16(28)24-20-14-5-4-6-15(14)25-26(20)3/h7-9H,4-6,10H2,1-3H3,(H2,21,29)(H,24,28). The summed E-state index contributed by atoms with van der Waals surface area (Å²) < 4.78 is 3.24. The minimum absolute atomic E-state index is 0.0383. The largest absolute Gasteiger partial charge is 0.366 e.